The Kier molecular flexibility index (Phi) is 4.32. The van der Waals surface area contributed by atoms with Gasteiger partial charge >= 0.3 is 5.97 Å². The number of carbonyl (C=O) groups is 1. The summed E-state index contributed by atoms with van der Waals surface area (Å²) in [6.07, 6.45) is 0. The Morgan fingerprint density at radius 2 is 1.52 bits per heavy atom. The van der Waals surface area contributed by atoms with E-state index in [1.165, 1.54) is 5.56 Å². The molecular formula is C18H20O3. The van der Waals surface area contributed by atoms with Gasteiger partial charge in [0.15, 0.2) is 0 Å². The number of benzene rings is 2. The van der Waals surface area contributed by atoms with Gasteiger partial charge in [-0.2, -0.15) is 0 Å². The molecule has 0 radical (unpaired) electrons. The van der Waals surface area contributed by atoms with Gasteiger partial charge in [-0.05, 0) is 80.3 Å². The van der Waals surface area contributed by atoms with Crippen LogP contribution in [0.4, 0.5) is 0 Å². The summed E-state index contributed by atoms with van der Waals surface area (Å²) in [5, 5.41) is 0. The lowest BCUT2D eigenvalue weighted by Gasteiger charge is -2.11. The minimum atomic E-state index is -0.338. The molecule has 0 aliphatic heterocycles. The lowest BCUT2D eigenvalue weighted by atomic mass is 10.0. The molecule has 110 valence electrons. The fourth-order valence-corrected chi connectivity index (χ4v) is 2.18. The molecule has 0 fully saturated rings. The molecule has 0 saturated carbocycles. The minimum absolute atomic E-state index is 0.338. The Bertz CT molecular complexity index is 664. The van der Waals surface area contributed by atoms with Crippen LogP contribution in [-0.4, -0.2) is 13.1 Å². The van der Waals surface area contributed by atoms with Crippen molar-refractivity contribution in [3.05, 3.63) is 58.1 Å². The lowest BCUT2D eigenvalue weighted by Crippen LogP contribution is -2.10. The van der Waals surface area contributed by atoms with Crippen molar-refractivity contribution in [3.8, 4) is 11.5 Å². The second-order valence-corrected chi connectivity index (χ2v) is 5.26. The molecule has 0 spiro atoms. The van der Waals surface area contributed by atoms with E-state index >= 15 is 0 Å². The van der Waals surface area contributed by atoms with E-state index in [2.05, 4.69) is 0 Å². The van der Waals surface area contributed by atoms with E-state index in [0.29, 0.717) is 11.3 Å². The number of carbonyl (C=O) groups excluding carboxylic acids is 1. The maximum Gasteiger partial charge on any atom is 0.343 e. The van der Waals surface area contributed by atoms with Crippen molar-refractivity contribution >= 4 is 5.97 Å². The first kappa shape index (κ1) is 15.1. The third kappa shape index (κ3) is 3.24. The van der Waals surface area contributed by atoms with Crippen LogP contribution in [0.15, 0.2) is 30.3 Å². The van der Waals surface area contributed by atoms with Crippen molar-refractivity contribution in [1.82, 2.24) is 0 Å². The molecule has 0 aromatic heterocycles. The van der Waals surface area contributed by atoms with E-state index in [0.717, 1.165) is 22.4 Å². The molecule has 2 aromatic rings. The van der Waals surface area contributed by atoms with Gasteiger partial charge in [-0.3, -0.25) is 0 Å². The predicted molar refractivity (Wildman–Crippen MR) is 83.3 cm³/mol. The number of methoxy groups -OCH3 is 1. The molecule has 2 rings (SSSR count). The van der Waals surface area contributed by atoms with Gasteiger partial charge < -0.3 is 9.47 Å². The quantitative estimate of drug-likeness (QED) is 0.627. The van der Waals surface area contributed by atoms with Crippen LogP contribution in [0.25, 0.3) is 0 Å². The van der Waals surface area contributed by atoms with E-state index in [4.69, 9.17) is 9.47 Å². The van der Waals surface area contributed by atoms with Gasteiger partial charge in [0.25, 0.3) is 0 Å². The topological polar surface area (TPSA) is 35.5 Å². The molecule has 0 bridgehead atoms. The first-order chi connectivity index (χ1) is 9.92. The Labute approximate surface area is 125 Å². The number of rotatable bonds is 3. The fraction of sp³-hybridized carbons (Fsp3) is 0.278. The Balaban J connectivity index is 2.26. The predicted octanol–water partition coefficient (Wildman–Crippen LogP) is 4.15. The van der Waals surface area contributed by atoms with Gasteiger partial charge in [0.1, 0.15) is 11.5 Å². The number of ether oxygens (including phenoxy) is 2. The highest BCUT2D eigenvalue weighted by Crippen LogP contribution is 2.24. The van der Waals surface area contributed by atoms with Gasteiger partial charge in [-0.1, -0.05) is 0 Å². The summed E-state index contributed by atoms with van der Waals surface area (Å²) in [5.41, 5.74) is 4.82. The molecule has 0 unspecified atom stereocenters. The van der Waals surface area contributed by atoms with Crippen LogP contribution in [0.1, 0.15) is 32.6 Å². The normalized spacial score (nSPS) is 10.3. The van der Waals surface area contributed by atoms with Crippen molar-refractivity contribution < 1.29 is 14.3 Å². The van der Waals surface area contributed by atoms with Crippen LogP contribution in [0.5, 0.6) is 11.5 Å². The zero-order chi connectivity index (χ0) is 15.6. The zero-order valence-electron chi connectivity index (χ0n) is 13.1. The average Bonchev–Trinajstić information content (AvgIpc) is 2.46. The van der Waals surface area contributed by atoms with Crippen LogP contribution in [0.2, 0.25) is 0 Å². The third-order valence-electron chi connectivity index (χ3n) is 3.75. The summed E-state index contributed by atoms with van der Waals surface area (Å²) < 4.78 is 10.6. The Hall–Kier alpha value is -2.29. The Morgan fingerprint density at radius 3 is 2.05 bits per heavy atom. The summed E-state index contributed by atoms with van der Waals surface area (Å²) in [4.78, 5) is 12.3. The molecule has 2 aromatic carbocycles. The van der Waals surface area contributed by atoms with E-state index in [1.54, 1.807) is 19.2 Å². The average molecular weight is 284 g/mol. The van der Waals surface area contributed by atoms with Gasteiger partial charge in [0.2, 0.25) is 0 Å². The molecule has 21 heavy (non-hydrogen) atoms. The van der Waals surface area contributed by atoms with E-state index in [-0.39, 0.29) is 5.97 Å². The van der Waals surface area contributed by atoms with E-state index in [1.807, 2.05) is 45.9 Å². The number of esters is 1. The summed E-state index contributed by atoms with van der Waals surface area (Å²) >= 11 is 0. The second kappa shape index (κ2) is 6.00. The summed E-state index contributed by atoms with van der Waals surface area (Å²) in [7, 11) is 1.61. The molecule has 3 nitrogen and oxygen atoms in total. The molecule has 0 aliphatic carbocycles. The highest BCUT2D eigenvalue weighted by Gasteiger charge is 2.13. The summed E-state index contributed by atoms with van der Waals surface area (Å²) in [6.45, 7) is 7.93. The largest absolute Gasteiger partial charge is 0.497 e. The number of hydrogen-bond donors (Lipinski definition) is 0. The molecule has 0 heterocycles. The highest BCUT2D eigenvalue weighted by molar-refractivity contribution is 5.91. The van der Waals surface area contributed by atoms with E-state index in [9.17, 15) is 4.79 Å². The zero-order valence-corrected chi connectivity index (χ0v) is 13.1. The van der Waals surface area contributed by atoms with Gasteiger partial charge in [-0.15, -0.1) is 0 Å². The first-order valence-corrected chi connectivity index (χ1v) is 6.87. The Morgan fingerprint density at radius 1 is 0.905 bits per heavy atom. The van der Waals surface area contributed by atoms with Crippen LogP contribution in [0.3, 0.4) is 0 Å². The molecule has 3 heteroatoms. The number of aryl methyl sites for hydroxylation is 3. The van der Waals surface area contributed by atoms with Gasteiger partial charge in [0, 0.05) is 0 Å². The molecule has 0 amide bonds. The molecule has 0 N–H and O–H groups in total. The van der Waals surface area contributed by atoms with Gasteiger partial charge in [-0.25, -0.2) is 4.79 Å². The summed E-state index contributed by atoms with van der Waals surface area (Å²) in [5.74, 6) is 0.959. The van der Waals surface area contributed by atoms with Crippen LogP contribution in [0, 0.1) is 27.7 Å². The third-order valence-corrected chi connectivity index (χ3v) is 3.75. The maximum atomic E-state index is 12.3. The maximum absolute atomic E-state index is 12.3. The van der Waals surface area contributed by atoms with E-state index < -0.39 is 0 Å². The number of hydrogen-bond acceptors (Lipinski definition) is 3. The van der Waals surface area contributed by atoms with Crippen molar-refractivity contribution in [1.29, 1.82) is 0 Å². The standard InChI is InChI=1S/C18H20O3/c1-11-8-15(9-12(2)14(11)4)18(19)21-17-7-6-16(20-5)10-13(17)3/h6-10H,1-5H3. The minimum Gasteiger partial charge on any atom is -0.497 e. The van der Waals surface area contributed by atoms with Crippen molar-refractivity contribution in [2.24, 2.45) is 0 Å². The van der Waals surface area contributed by atoms with Crippen molar-refractivity contribution in [2.45, 2.75) is 27.7 Å². The summed E-state index contributed by atoms with van der Waals surface area (Å²) in [6, 6.07) is 9.10. The highest BCUT2D eigenvalue weighted by atomic mass is 16.5. The van der Waals surface area contributed by atoms with Crippen LogP contribution < -0.4 is 9.47 Å². The first-order valence-electron chi connectivity index (χ1n) is 6.87. The van der Waals surface area contributed by atoms with Crippen molar-refractivity contribution in [3.63, 3.8) is 0 Å². The SMILES string of the molecule is COc1ccc(OC(=O)c2cc(C)c(C)c(C)c2)c(C)c1. The lowest BCUT2D eigenvalue weighted by molar-refractivity contribution is 0.0733. The molecule has 0 aliphatic rings. The fourth-order valence-electron chi connectivity index (χ4n) is 2.18. The molecule has 0 saturated heterocycles. The second-order valence-electron chi connectivity index (χ2n) is 5.26. The smallest absolute Gasteiger partial charge is 0.343 e. The van der Waals surface area contributed by atoms with Crippen molar-refractivity contribution in [2.75, 3.05) is 7.11 Å². The molecular weight excluding hydrogens is 264 g/mol. The van der Waals surface area contributed by atoms with Gasteiger partial charge in [0.05, 0.1) is 12.7 Å². The molecule has 0 atom stereocenters. The van der Waals surface area contributed by atoms with Crippen LogP contribution >= 0.6 is 0 Å². The monoisotopic (exact) mass is 284 g/mol. The van der Waals surface area contributed by atoms with Crippen LogP contribution in [-0.2, 0) is 0 Å².